The summed E-state index contributed by atoms with van der Waals surface area (Å²) >= 11 is 6.01. The predicted octanol–water partition coefficient (Wildman–Crippen LogP) is 3.28. The Morgan fingerprint density at radius 3 is 2.65 bits per heavy atom. The third kappa shape index (κ3) is 6.06. The number of hydrogen-bond acceptors (Lipinski definition) is 3. The largest absolute Gasteiger partial charge is 0.496 e. The van der Waals surface area contributed by atoms with Crippen molar-refractivity contribution >= 4 is 36.4 Å². The van der Waals surface area contributed by atoms with Crippen LogP contribution in [0.15, 0.2) is 18.2 Å². The van der Waals surface area contributed by atoms with E-state index >= 15 is 0 Å². The molecule has 2 N–H and O–H groups in total. The first-order valence-electron chi connectivity index (χ1n) is 6.53. The fourth-order valence-electron chi connectivity index (χ4n) is 2.38. The lowest BCUT2D eigenvalue weighted by Crippen LogP contribution is -2.33. The molecule has 1 fully saturated rings. The van der Waals surface area contributed by atoms with Gasteiger partial charge in [-0.1, -0.05) is 11.6 Å². The zero-order valence-corrected chi connectivity index (χ0v) is 14.0. The van der Waals surface area contributed by atoms with Gasteiger partial charge in [0.1, 0.15) is 5.75 Å². The molecule has 20 heavy (non-hydrogen) atoms. The van der Waals surface area contributed by atoms with E-state index in [1.165, 1.54) is 12.8 Å². The predicted molar refractivity (Wildman–Crippen MR) is 89.8 cm³/mol. The summed E-state index contributed by atoms with van der Waals surface area (Å²) in [6.07, 6.45) is 2.53. The van der Waals surface area contributed by atoms with Gasteiger partial charge in [-0.2, -0.15) is 0 Å². The number of nitrogens with one attached hydrogen (secondary N) is 2. The van der Waals surface area contributed by atoms with Gasteiger partial charge in [0.15, 0.2) is 0 Å². The Hall–Kier alpha value is -0.190. The molecule has 6 heteroatoms. The molecule has 1 aliphatic rings. The second-order valence-corrected chi connectivity index (χ2v) is 5.22. The molecule has 0 unspecified atom stereocenters. The van der Waals surface area contributed by atoms with Crippen LogP contribution in [0.1, 0.15) is 18.4 Å². The first kappa shape index (κ1) is 19.8. The van der Waals surface area contributed by atoms with Gasteiger partial charge in [0.05, 0.1) is 7.11 Å². The summed E-state index contributed by atoms with van der Waals surface area (Å²) in [7, 11) is 1.69. The molecule has 116 valence electrons. The number of rotatable bonds is 5. The normalized spacial score (nSPS) is 15.1. The molecular weight excluding hydrogens is 319 g/mol. The molecule has 0 amide bonds. The van der Waals surface area contributed by atoms with Crippen molar-refractivity contribution in [1.29, 1.82) is 0 Å². The fraction of sp³-hybridized carbons (Fsp3) is 0.571. The van der Waals surface area contributed by atoms with E-state index in [9.17, 15) is 0 Å². The molecule has 1 aromatic carbocycles. The van der Waals surface area contributed by atoms with Gasteiger partial charge in [0.25, 0.3) is 0 Å². The highest BCUT2D eigenvalue weighted by molar-refractivity contribution is 6.30. The smallest absolute Gasteiger partial charge is 0.123 e. The highest BCUT2D eigenvalue weighted by Crippen LogP contribution is 2.22. The first-order chi connectivity index (χ1) is 8.79. The van der Waals surface area contributed by atoms with E-state index in [0.717, 1.165) is 48.4 Å². The number of benzene rings is 1. The van der Waals surface area contributed by atoms with E-state index in [2.05, 4.69) is 10.6 Å². The van der Waals surface area contributed by atoms with Crippen LogP contribution in [0.25, 0.3) is 0 Å². The van der Waals surface area contributed by atoms with Gasteiger partial charge in [-0.15, -0.1) is 24.8 Å². The quantitative estimate of drug-likeness (QED) is 0.862. The first-order valence-corrected chi connectivity index (χ1v) is 6.91. The standard InChI is InChI=1S/C14H21ClN2O.2ClH/c1-18-14-3-2-13(15)8-12(14)10-17-9-11-4-6-16-7-5-11;;/h2-3,8,11,16-17H,4-7,9-10H2,1H3;2*1H. The second kappa shape index (κ2) is 10.5. The second-order valence-electron chi connectivity index (χ2n) is 4.78. The van der Waals surface area contributed by atoms with Crippen molar-refractivity contribution < 1.29 is 4.74 Å². The molecule has 0 atom stereocenters. The van der Waals surface area contributed by atoms with Gasteiger partial charge < -0.3 is 15.4 Å². The molecule has 1 heterocycles. The molecule has 2 rings (SSSR count). The Bertz CT molecular complexity index is 385. The summed E-state index contributed by atoms with van der Waals surface area (Å²) in [5, 5.41) is 7.65. The average molecular weight is 342 g/mol. The lowest BCUT2D eigenvalue weighted by Gasteiger charge is -2.23. The van der Waals surface area contributed by atoms with Gasteiger partial charge in [-0.25, -0.2) is 0 Å². The van der Waals surface area contributed by atoms with Crippen molar-refractivity contribution in [2.45, 2.75) is 19.4 Å². The minimum atomic E-state index is 0. The lowest BCUT2D eigenvalue weighted by molar-refractivity contribution is 0.354. The molecule has 1 aliphatic heterocycles. The third-order valence-electron chi connectivity index (χ3n) is 3.45. The van der Waals surface area contributed by atoms with Gasteiger partial charge in [0.2, 0.25) is 0 Å². The maximum absolute atomic E-state index is 6.01. The molecule has 0 spiro atoms. The highest BCUT2D eigenvalue weighted by Gasteiger charge is 2.12. The molecular formula is C14H23Cl3N2O. The van der Waals surface area contributed by atoms with E-state index in [-0.39, 0.29) is 24.8 Å². The van der Waals surface area contributed by atoms with Gasteiger partial charge in [0, 0.05) is 17.1 Å². The van der Waals surface area contributed by atoms with Crippen LogP contribution in [0.2, 0.25) is 5.02 Å². The van der Waals surface area contributed by atoms with Crippen LogP contribution in [0, 0.1) is 5.92 Å². The minimum absolute atomic E-state index is 0. The average Bonchev–Trinajstić information content (AvgIpc) is 2.40. The van der Waals surface area contributed by atoms with Gasteiger partial charge in [-0.3, -0.25) is 0 Å². The van der Waals surface area contributed by atoms with E-state index in [4.69, 9.17) is 16.3 Å². The summed E-state index contributed by atoms with van der Waals surface area (Å²) in [5.41, 5.74) is 1.12. The van der Waals surface area contributed by atoms with Gasteiger partial charge in [-0.05, 0) is 56.6 Å². The number of halogens is 3. The van der Waals surface area contributed by atoms with Crippen LogP contribution in [0.4, 0.5) is 0 Å². The Morgan fingerprint density at radius 1 is 1.30 bits per heavy atom. The van der Waals surface area contributed by atoms with Crippen LogP contribution in [-0.4, -0.2) is 26.7 Å². The van der Waals surface area contributed by atoms with Crippen molar-refractivity contribution in [3.8, 4) is 5.75 Å². The Morgan fingerprint density at radius 2 is 2.00 bits per heavy atom. The third-order valence-corrected chi connectivity index (χ3v) is 3.68. The summed E-state index contributed by atoms with van der Waals surface area (Å²) in [5.74, 6) is 1.69. The summed E-state index contributed by atoms with van der Waals surface area (Å²) in [6.45, 7) is 4.17. The van der Waals surface area contributed by atoms with Crippen molar-refractivity contribution in [3.05, 3.63) is 28.8 Å². The van der Waals surface area contributed by atoms with E-state index in [1.54, 1.807) is 7.11 Å². The van der Waals surface area contributed by atoms with E-state index < -0.39 is 0 Å². The molecule has 0 aliphatic carbocycles. The number of ether oxygens (including phenoxy) is 1. The SMILES string of the molecule is COc1ccc(Cl)cc1CNCC1CCNCC1.Cl.Cl. The van der Waals surface area contributed by atoms with Crippen LogP contribution in [0.3, 0.4) is 0 Å². The van der Waals surface area contributed by atoms with Gasteiger partial charge >= 0.3 is 0 Å². The summed E-state index contributed by atoms with van der Waals surface area (Å²) in [4.78, 5) is 0. The minimum Gasteiger partial charge on any atom is -0.496 e. The molecule has 0 bridgehead atoms. The summed E-state index contributed by atoms with van der Waals surface area (Å²) < 4.78 is 5.33. The molecule has 1 saturated heterocycles. The molecule has 0 saturated carbocycles. The van der Waals surface area contributed by atoms with E-state index in [1.807, 2.05) is 18.2 Å². The van der Waals surface area contributed by atoms with Crippen LogP contribution in [-0.2, 0) is 6.54 Å². The zero-order chi connectivity index (χ0) is 12.8. The molecule has 3 nitrogen and oxygen atoms in total. The maximum atomic E-state index is 6.01. The van der Waals surface area contributed by atoms with E-state index in [0.29, 0.717) is 0 Å². The number of piperidine rings is 1. The van der Waals surface area contributed by atoms with Crippen molar-refractivity contribution in [2.24, 2.45) is 5.92 Å². The highest BCUT2D eigenvalue weighted by atomic mass is 35.5. The molecule has 1 aromatic rings. The Balaban J connectivity index is 0.00000180. The molecule has 0 aromatic heterocycles. The van der Waals surface area contributed by atoms with Crippen LogP contribution < -0.4 is 15.4 Å². The van der Waals surface area contributed by atoms with Crippen molar-refractivity contribution in [3.63, 3.8) is 0 Å². The summed E-state index contributed by atoms with van der Waals surface area (Å²) in [6, 6.07) is 5.75. The maximum Gasteiger partial charge on any atom is 0.123 e. The monoisotopic (exact) mass is 340 g/mol. The number of methoxy groups -OCH3 is 1. The lowest BCUT2D eigenvalue weighted by atomic mass is 9.98. The topological polar surface area (TPSA) is 33.3 Å². The Labute approximate surface area is 138 Å². The number of hydrogen-bond donors (Lipinski definition) is 2. The fourth-order valence-corrected chi connectivity index (χ4v) is 2.58. The molecule has 0 radical (unpaired) electrons. The Kier molecular flexibility index (Phi) is 10.4. The van der Waals surface area contributed by atoms with Crippen molar-refractivity contribution in [2.75, 3.05) is 26.7 Å². The van der Waals surface area contributed by atoms with Crippen LogP contribution in [0.5, 0.6) is 5.75 Å². The van der Waals surface area contributed by atoms with Crippen LogP contribution >= 0.6 is 36.4 Å². The van der Waals surface area contributed by atoms with Crippen molar-refractivity contribution in [1.82, 2.24) is 10.6 Å². The zero-order valence-electron chi connectivity index (χ0n) is 11.7.